The highest BCUT2D eigenvalue weighted by Crippen LogP contribution is 2.31. The summed E-state index contributed by atoms with van der Waals surface area (Å²) < 4.78 is 0.342. The predicted molar refractivity (Wildman–Crippen MR) is 72.1 cm³/mol. The summed E-state index contributed by atoms with van der Waals surface area (Å²) in [6.45, 7) is 12.0. The van der Waals surface area contributed by atoms with Gasteiger partial charge >= 0.3 is 0 Å². The fourth-order valence-electron chi connectivity index (χ4n) is 2.51. The van der Waals surface area contributed by atoms with Gasteiger partial charge in [0.05, 0.1) is 0 Å². The highest BCUT2D eigenvalue weighted by atomic mass is 32.2. The molecule has 3 heteroatoms. The van der Waals surface area contributed by atoms with Gasteiger partial charge in [-0.15, -0.1) is 0 Å². The Kier molecular flexibility index (Phi) is 4.87. The zero-order valence-corrected chi connectivity index (χ0v) is 11.9. The SMILES string of the molecule is CCCC(C)(C=O)CN1CCSC(C)(C)C1. The molecule has 1 aliphatic rings. The lowest BCUT2D eigenvalue weighted by molar-refractivity contribution is -0.116. The number of thioether (sulfide) groups is 1. The first-order valence-corrected chi connectivity index (χ1v) is 7.22. The molecule has 0 spiro atoms. The molecular formula is C13H25NOS. The summed E-state index contributed by atoms with van der Waals surface area (Å²) in [4.78, 5) is 13.7. The molecule has 1 atom stereocenters. The van der Waals surface area contributed by atoms with Crippen LogP contribution in [-0.2, 0) is 4.79 Å². The van der Waals surface area contributed by atoms with Crippen molar-refractivity contribution in [2.45, 2.75) is 45.3 Å². The maximum Gasteiger partial charge on any atom is 0.127 e. The van der Waals surface area contributed by atoms with Gasteiger partial charge in [0.2, 0.25) is 0 Å². The molecule has 2 nitrogen and oxygen atoms in total. The summed E-state index contributed by atoms with van der Waals surface area (Å²) in [6.07, 6.45) is 3.24. The van der Waals surface area contributed by atoms with Crippen molar-refractivity contribution in [1.29, 1.82) is 0 Å². The molecule has 0 aliphatic carbocycles. The number of carbonyl (C=O) groups excluding carboxylic acids is 1. The number of carbonyl (C=O) groups is 1. The minimum Gasteiger partial charge on any atom is -0.303 e. The Labute approximate surface area is 104 Å². The van der Waals surface area contributed by atoms with Crippen LogP contribution >= 0.6 is 11.8 Å². The van der Waals surface area contributed by atoms with E-state index in [0.717, 1.165) is 38.8 Å². The number of hydrogen-bond acceptors (Lipinski definition) is 3. The molecule has 0 bridgehead atoms. The fraction of sp³-hybridized carbons (Fsp3) is 0.923. The van der Waals surface area contributed by atoms with Crippen molar-refractivity contribution in [1.82, 2.24) is 4.90 Å². The van der Waals surface area contributed by atoms with Crippen molar-refractivity contribution in [2.75, 3.05) is 25.4 Å². The molecule has 1 aliphatic heterocycles. The van der Waals surface area contributed by atoms with Gasteiger partial charge in [-0.1, -0.05) is 20.3 Å². The standard InChI is InChI=1S/C13H25NOS/c1-5-6-13(4,11-15)10-14-7-8-16-12(2,3)9-14/h11H,5-10H2,1-4H3. The minimum absolute atomic E-state index is 0.146. The molecule has 0 N–H and O–H groups in total. The Morgan fingerprint density at radius 3 is 2.69 bits per heavy atom. The molecule has 0 aromatic carbocycles. The smallest absolute Gasteiger partial charge is 0.127 e. The molecule has 0 saturated carbocycles. The first kappa shape index (κ1) is 14.0. The molecule has 1 unspecified atom stereocenters. The van der Waals surface area contributed by atoms with Crippen LogP contribution in [0, 0.1) is 5.41 Å². The molecule has 1 rings (SSSR count). The van der Waals surface area contributed by atoms with Gasteiger partial charge in [0.15, 0.2) is 0 Å². The Balaban J connectivity index is 2.55. The van der Waals surface area contributed by atoms with Crippen molar-refractivity contribution >= 4 is 18.0 Å². The van der Waals surface area contributed by atoms with Crippen LogP contribution in [0.25, 0.3) is 0 Å². The summed E-state index contributed by atoms with van der Waals surface area (Å²) >= 11 is 2.04. The van der Waals surface area contributed by atoms with E-state index in [0.29, 0.717) is 4.75 Å². The zero-order chi connectivity index (χ0) is 12.2. The average Bonchev–Trinajstić information content (AvgIpc) is 2.16. The van der Waals surface area contributed by atoms with Gasteiger partial charge in [0.1, 0.15) is 6.29 Å². The zero-order valence-electron chi connectivity index (χ0n) is 11.1. The lowest BCUT2D eigenvalue weighted by atomic mass is 9.86. The van der Waals surface area contributed by atoms with Crippen LogP contribution in [0.15, 0.2) is 0 Å². The minimum atomic E-state index is -0.146. The normalized spacial score (nSPS) is 25.0. The monoisotopic (exact) mass is 243 g/mol. The van der Waals surface area contributed by atoms with Gasteiger partial charge in [-0.3, -0.25) is 0 Å². The van der Waals surface area contributed by atoms with Gasteiger partial charge in [0.25, 0.3) is 0 Å². The van der Waals surface area contributed by atoms with Gasteiger partial charge < -0.3 is 9.69 Å². The van der Waals surface area contributed by atoms with E-state index in [4.69, 9.17) is 0 Å². The van der Waals surface area contributed by atoms with Gasteiger partial charge in [-0.25, -0.2) is 0 Å². The molecule has 1 saturated heterocycles. The van der Waals surface area contributed by atoms with Gasteiger partial charge in [0, 0.05) is 35.5 Å². The summed E-state index contributed by atoms with van der Waals surface area (Å²) in [7, 11) is 0. The predicted octanol–water partition coefficient (Wildman–Crippen LogP) is 2.82. The van der Waals surface area contributed by atoms with Crippen LogP contribution < -0.4 is 0 Å². The molecule has 1 fully saturated rings. The second-order valence-electron chi connectivity index (χ2n) is 5.84. The second kappa shape index (κ2) is 5.54. The third kappa shape index (κ3) is 4.10. The fourth-order valence-corrected chi connectivity index (χ4v) is 3.68. The highest BCUT2D eigenvalue weighted by molar-refractivity contribution is 8.00. The molecule has 1 heterocycles. The maximum absolute atomic E-state index is 11.2. The van der Waals surface area contributed by atoms with Crippen LogP contribution in [0.2, 0.25) is 0 Å². The first-order chi connectivity index (χ1) is 7.41. The van der Waals surface area contributed by atoms with Crippen molar-refractivity contribution < 1.29 is 4.79 Å². The number of aldehydes is 1. The van der Waals surface area contributed by atoms with Gasteiger partial charge in [-0.2, -0.15) is 11.8 Å². The highest BCUT2D eigenvalue weighted by Gasteiger charge is 2.32. The van der Waals surface area contributed by atoms with Crippen LogP contribution in [0.3, 0.4) is 0 Å². The van der Waals surface area contributed by atoms with Crippen molar-refractivity contribution in [2.24, 2.45) is 5.41 Å². The van der Waals surface area contributed by atoms with Crippen molar-refractivity contribution in [3.05, 3.63) is 0 Å². The topological polar surface area (TPSA) is 20.3 Å². The number of hydrogen-bond donors (Lipinski definition) is 0. The Morgan fingerprint density at radius 1 is 1.50 bits per heavy atom. The third-order valence-corrected chi connectivity index (χ3v) is 4.49. The quantitative estimate of drug-likeness (QED) is 0.693. The molecule has 0 radical (unpaired) electrons. The molecule has 0 aromatic rings. The largest absolute Gasteiger partial charge is 0.303 e. The van der Waals surface area contributed by atoms with E-state index in [1.165, 1.54) is 5.75 Å². The molecule has 0 aromatic heterocycles. The first-order valence-electron chi connectivity index (χ1n) is 6.23. The summed E-state index contributed by atoms with van der Waals surface area (Å²) in [6, 6.07) is 0. The Bertz CT molecular complexity index is 242. The van der Waals surface area contributed by atoms with E-state index in [-0.39, 0.29) is 5.41 Å². The lowest BCUT2D eigenvalue weighted by Gasteiger charge is -2.40. The van der Waals surface area contributed by atoms with E-state index < -0.39 is 0 Å². The Morgan fingerprint density at radius 2 is 2.19 bits per heavy atom. The summed E-state index contributed by atoms with van der Waals surface area (Å²) in [5.41, 5.74) is -0.146. The molecule has 94 valence electrons. The van der Waals surface area contributed by atoms with E-state index in [2.05, 4.69) is 32.6 Å². The van der Waals surface area contributed by atoms with Crippen LogP contribution in [0.5, 0.6) is 0 Å². The lowest BCUT2D eigenvalue weighted by Crippen LogP contribution is -2.47. The van der Waals surface area contributed by atoms with Crippen molar-refractivity contribution in [3.8, 4) is 0 Å². The maximum atomic E-state index is 11.2. The van der Waals surface area contributed by atoms with E-state index in [9.17, 15) is 4.79 Å². The van der Waals surface area contributed by atoms with Crippen LogP contribution in [-0.4, -0.2) is 41.3 Å². The summed E-state index contributed by atoms with van der Waals surface area (Å²) in [5.74, 6) is 1.19. The van der Waals surface area contributed by atoms with Crippen LogP contribution in [0.4, 0.5) is 0 Å². The molecule has 0 amide bonds. The van der Waals surface area contributed by atoms with E-state index >= 15 is 0 Å². The number of rotatable bonds is 5. The van der Waals surface area contributed by atoms with Gasteiger partial charge in [-0.05, 0) is 20.3 Å². The van der Waals surface area contributed by atoms with Crippen molar-refractivity contribution in [3.63, 3.8) is 0 Å². The number of nitrogens with zero attached hydrogens (tertiary/aromatic N) is 1. The summed E-state index contributed by atoms with van der Waals surface area (Å²) in [5, 5.41) is 0. The molecular weight excluding hydrogens is 218 g/mol. The van der Waals surface area contributed by atoms with E-state index in [1.807, 2.05) is 11.8 Å². The Hall–Kier alpha value is -0.0200. The third-order valence-electron chi connectivity index (χ3n) is 3.20. The van der Waals surface area contributed by atoms with E-state index in [1.54, 1.807) is 0 Å². The average molecular weight is 243 g/mol. The second-order valence-corrected chi connectivity index (χ2v) is 7.64. The van der Waals surface area contributed by atoms with Crippen LogP contribution in [0.1, 0.15) is 40.5 Å². The molecule has 16 heavy (non-hydrogen) atoms.